The summed E-state index contributed by atoms with van der Waals surface area (Å²) in [7, 11) is 0. The number of thiazole rings is 1. The molecular formula is C19H17N3OS. The van der Waals surface area contributed by atoms with Crippen molar-refractivity contribution in [3.8, 4) is 17.0 Å². The molecule has 1 heterocycles. The molecule has 1 fully saturated rings. The lowest BCUT2D eigenvalue weighted by Gasteiger charge is -2.02. The predicted molar refractivity (Wildman–Crippen MR) is 98.8 cm³/mol. The minimum absolute atomic E-state index is 0.245. The first-order valence-electron chi connectivity index (χ1n) is 7.92. The number of rotatable bonds is 5. The average molecular weight is 335 g/mol. The third kappa shape index (κ3) is 3.31. The molecule has 1 aromatic heterocycles. The standard InChI is InChI=1S/C19H17N3OS/c23-18-9-8-15(13-6-7-13)10-16(18)11-20-22-19-21-17(12-24-19)14-4-2-1-3-5-14/h1-5,8-13,23H,6-7H2,(H,21,22). The van der Waals surface area contributed by atoms with Crippen molar-refractivity contribution in [1.29, 1.82) is 0 Å². The van der Waals surface area contributed by atoms with Gasteiger partial charge in [-0.2, -0.15) is 5.10 Å². The molecule has 4 nitrogen and oxygen atoms in total. The molecule has 0 aliphatic heterocycles. The van der Waals surface area contributed by atoms with Gasteiger partial charge in [-0.05, 0) is 36.5 Å². The first-order valence-corrected chi connectivity index (χ1v) is 8.80. The zero-order chi connectivity index (χ0) is 16.4. The molecule has 0 bridgehead atoms. The highest BCUT2D eigenvalue weighted by atomic mass is 32.1. The van der Waals surface area contributed by atoms with Gasteiger partial charge in [-0.3, -0.25) is 5.43 Å². The molecule has 1 aliphatic carbocycles. The van der Waals surface area contributed by atoms with Gasteiger partial charge in [0.05, 0.1) is 11.9 Å². The fraction of sp³-hybridized carbons (Fsp3) is 0.158. The van der Waals surface area contributed by atoms with Crippen molar-refractivity contribution in [2.45, 2.75) is 18.8 Å². The van der Waals surface area contributed by atoms with Crippen LogP contribution in [0.25, 0.3) is 11.3 Å². The molecule has 120 valence electrons. The number of anilines is 1. The molecule has 5 heteroatoms. The summed E-state index contributed by atoms with van der Waals surface area (Å²) in [6, 6.07) is 15.8. The second-order valence-electron chi connectivity index (χ2n) is 5.87. The molecule has 2 aromatic carbocycles. The lowest BCUT2D eigenvalue weighted by molar-refractivity contribution is 0.474. The van der Waals surface area contributed by atoms with E-state index in [2.05, 4.69) is 15.5 Å². The number of hydrazone groups is 1. The number of phenolic OH excluding ortho intramolecular Hbond substituents is 1. The van der Waals surface area contributed by atoms with Crippen molar-refractivity contribution in [3.05, 3.63) is 65.0 Å². The van der Waals surface area contributed by atoms with E-state index in [1.54, 1.807) is 12.3 Å². The van der Waals surface area contributed by atoms with Crippen LogP contribution in [0.1, 0.15) is 29.9 Å². The third-order valence-corrected chi connectivity index (χ3v) is 4.78. The van der Waals surface area contributed by atoms with E-state index in [1.807, 2.05) is 47.8 Å². The highest BCUT2D eigenvalue weighted by Gasteiger charge is 2.23. The van der Waals surface area contributed by atoms with Crippen LogP contribution < -0.4 is 5.43 Å². The number of phenols is 1. The van der Waals surface area contributed by atoms with Gasteiger partial charge in [-0.25, -0.2) is 4.98 Å². The Balaban J connectivity index is 1.46. The number of aromatic nitrogens is 1. The van der Waals surface area contributed by atoms with Crippen LogP contribution in [-0.4, -0.2) is 16.3 Å². The SMILES string of the molecule is Oc1ccc(C2CC2)cc1C=NNc1nc(-c2ccccc2)cs1. The van der Waals surface area contributed by atoms with Gasteiger partial charge in [-0.1, -0.05) is 36.4 Å². The number of aromatic hydroxyl groups is 1. The van der Waals surface area contributed by atoms with Gasteiger partial charge < -0.3 is 5.11 Å². The van der Waals surface area contributed by atoms with Crippen molar-refractivity contribution in [2.24, 2.45) is 5.10 Å². The minimum atomic E-state index is 0.245. The Morgan fingerprint density at radius 3 is 2.79 bits per heavy atom. The zero-order valence-electron chi connectivity index (χ0n) is 13.0. The van der Waals surface area contributed by atoms with Gasteiger partial charge >= 0.3 is 0 Å². The van der Waals surface area contributed by atoms with Crippen LogP contribution in [0.3, 0.4) is 0 Å². The van der Waals surface area contributed by atoms with Crippen molar-refractivity contribution in [1.82, 2.24) is 4.98 Å². The summed E-state index contributed by atoms with van der Waals surface area (Å²) >= 11 is 1.50. The molecule has 24 heavy (non-hydrogen) atoms. The van der Waals surface area contributed by atoms with Crippen molar-refractivity contribution < 1.29 is 5.11 Å². The van der Waals surface area contributed by atoms with Crippen LogP contribution in [0.5, 0.6) is 5.75 Å². The topological polar surface area (TPSA) is 57.5 Å². The van der Waals surface area contributed by atoms with E-state index in [4.69, 9.17) is 0 Å². The van der Waals surface area contributed by atoms with E-state index in [-0.39, 0.29) is 5.75 Å². The summed E-state index contributed by atoms with van der Waals surface area (Å²) in [5.41, 5.74) is 6.95. The second-order valence-corrected chi connectivity index (χ2v) is 6.72. The van der Waals surface area contributed by atoms with E-state index >= 15 is 0 Å². The fourth-order valence-corrected chi connectivity index (χ4v) is 3.24. The Hall–Kier alpha value is -2.66. The summed E-state index contributed by atoms with van der Waals surface area (Å²) in [5.74, 6) is 0.896. The van der Waals surface area contributed by atoms with Gasteiger partial charge in [-0.15, -0.1) is 11.3 Å². The van der Waals surface area contributed by atoms with Crippen LogP contribution >= 0.6 is 11.3 Å². The smallest absolute Gasteiger partial charge is 0.203 e. The summed E-state index contributed by atoms with van der Waals surface area (Å²) in [6.45, 7) is 0. The normalized spacial score (nSPS) is 14.2. The molecule has 1 saturated carbocycles. The molecule has 0 radical (unpaired) electrons. The van der Waals surface area contributed by atoms with Crippen LogP contribution in [0, 0.1) is 0 Å². The molecule has 2 N–H and O–H groups in total. The maximum Gasteiger partial charge on any atom is 0.203 e. The molecule has 3 aromatic rings. The lowest BCUT2D eigenvalue weighted by Crippen LogP contribution is -1.92. The van der Waals surface area contributed by atoms with E-state index < -0.39 is 0 Å². The Morgan fingerprint density at radius 1 is 1.17 bits per heavy atom. The van der Waals surface area contributed by atoms with Crippen LogP contribution in [0.2, 0.25) is 0 Å². The predicted octanol–water partition coefficient (Wildman–Crippen LogP) is 4.84. The van der Waals surface area contributed by atoms with Crippen LogP contribution in [0.4, 0.5) is 5.13 Å². The largest absolute Gasteiger partial charge is 0.507 e. The van der Waals surface area contributed by atoms with Crippen molar-refractivity contribution >= 4 is 22.7 Å². The fourth-order valence-electron chi connectivity index (χ4n) is 2.57. The molecule has 0 amide bonds. The quantitative estimate of drug-likeness (QED) is 0.518. The highest BCUT2D eigenvalue weighted by molar-refractivity contribution is 7.14. The van der Waals surface area contributed by atoms with Gasteiger partial charge in [0, 0.05) is 16.5 Å². The van der Waals surface area contributed by atoms with Crippen molar-refractivity contribution in [2.75, 3.05) is 5.43 Å². The molecule has 0 unspecified atom stereocenters. The first-order chi connectivity index (χ1) is 11.8. The van der Waals surface area contributed by atoms with Gasteiger partial charge in [0.1, 0.15) is 5.75 Å². The molecule has 0 saturated heterocycles. The number of nitrogens with zero attached hydrogens (tertiary/aromatic N) is 2. The van der Waals surface area contributed by atoms with Gasteiger partial charge in [0.15, 0.2) is 0 Å². The van der Waals surface area contributed by atoms with E-state index in [9.17, 15) is 5.11 Å². The van der Waals surface area contributed by atoms with Crippen LogP contribution in [-0.2, 0) is 0 Å². The Morgan fingerprint density at radius 2 is 2.00 bits per heavy atom. The Bertz CT molecular complexity index is 869. The zero-order valence-corrected chi connectivity index (χ0v) is 13.8. The minimum Gasteiger partial charge on any atom is -0.507 e. The highest BCUT2D eigenvalue weighted by Crippen LogP contribution is 2.41. The number of hydrogen-bond acceptors (Lipinski definition) is 5. The summed E-state index contributed by atoms with van der Waals surface area (Å²) in [5, 5.41) is 16.9. The monoisotopic (exact) mass is 335 g/mol. The number of nitrogens with one attached hydrogen (secondary N) is 1. The summed E-state index contributed by atoms with van der Waals surface area (Å²) in [4.78, 5) is 4.52. The molecule has 0 spiro atoms. The molecular weight excluding hydrogens is 318 g/mol. The third-order valence-electron chi connectivity index (χ3n) is 4.04. The Labute approximate surface area is 144 Å². The summed E-state index contributed by atoms with van der Waals surface area (Å²) in [6.07, 6.45) is 4.12. The van der Waals surface area contributed by atoms with E-state index in [0.717, 1.165) is 22.0 Å². The van der Waals surface area contributed by atoms with E-state index in [1.165, 1.54) is 29.7 Å². The first kappa shape index (κ1) is 14.9. The van der Waals surface area contributed by atoms with E-state index in [0.29, 0.717) is 5.92 Å². The maximum absolute atomic E-state index is 9.96. The van der Waals surface area contributed by atoms with Crippen molar-refractivity contribution in [3.63, 3.8) is 0 Å². The second kappa shape index (κ2) is 6.45. The summed E-state index contributed by atoms with van der Waals surface area (Å²) < 4.78 is 0. The lowest BCUT2D eigenvalue weighted by atomic mass is 10.1. The van der Waals surface area contributed by atoms with Gasteiger partial charge in [0.2, 0.25) is 5.13 Å². The number of hydrogen-bond donors (Lipinski definition) is 2. The molecule has 0 atom stereocenters. The maximum atomic E-state index is 9.96. The van der Waals surface area contributed by atoms with Crippen LogP contribution in [0.15, 0.2) is 59.0 Å². The average Bonchev–Trinajstić information content (AvgIpc) is 3.36. The van der Waals surface area contributed by atoms with Gasteiger partial charge in [0.25, 0.3) is 0 Å². The number of benzene rings is 2. The molecule has 4 rings (SSSR count). The molecule has 1 aliphatic rings. The Kier molecular flexibility index (Phi) is 4.01.